The predicted molar refractivity (Wildman–Crippen MR) is 174 cm³/mol. The third-order valence-electron chi connectivity index (χ3n) is 12.0. The quantitative estimate of drug-likeness (QED) is 0.245. The van der Waals surface area contributed by atoms with Gasteiger partial charge in [-0.15, -0.1) is 0 Å². The van der Waals surface area contributed by atoms with Gasteiger partial charge in [0.1, 0.15) is 0 Å². The summed E-state index contributed by atoms with van der Waals surface area (Å²) in [4.78, 5) is 12.0. The second-order valence-electron chi connectivity index (χ2n) is 14.5. The summed E-state index contributed by atoms with van der Waals surface area (Å²) >= 11 is 6.00. The Morgan fingerprint density at radius 3 is 1.38 bits per heavy atom. The van der Waals surface area contributed by atoms with Crippen LogP contribution < -0.4 is 0 Å². The Morgan fingerprint density at radius 2 is 1.03 bits per heavy atom. The molecule has 0 aromatic rings. The van der Waals surface area contributed by atoms with Crippen molar-refractivity contribution in [3.8, 4) is 0 Å². The summed E-state index contributed by atoms with van der Waals surface area (Å²) in [6, 6.07) is 1.08. The molecule has 8 atom stereocenters. The third-order valence-corrected chi connectivity index (χ3v) is 12.0. The molecule has 5 aliphatic rings. The molecule has 0 spiro atoms. The molecule has 0 aliphatic heterocycles. The maximum atomic E-state index is 5.99. The van der Waals surface area contributed by atoms with Gasteiger partial charge in [0.2, 0.25) is 0 Å². The molecule has 5 fully saturated rings. The Hall–Kier alpha value is 0.794. The van der Waals surface area contributed by atoms with Crippen LogP contribution in [-0.2, 0) is 10.9 Å². The molecule has 0 heterocycles. The van der Waals surface area contributed by atoms with Crippen molar-refractivity contribution in [3.05, 3.63) is 0 Å². The maximum absolute atomic E-state index is 5.99. The van der Waals surface area contributed by atoms with E-state index in [0.717, 1.165) is 59.2 Å². The number of halogens is 2. The van der Waals surface area contributed by atoms with Crippen LogP contribution in [0.4, 0.5) is 0 Å². The van der Waals surface area contributed by atoms with Gasteiger partial charge in [0.25, 0.3) is 0 Å². The molecule has 5 aliphatic carbocycles. The van der Waals surface area contributed by atoms with Gasteiger partial charge in [0, 0.05) is 11.8 Å². The second-order valence-corrected chi connectivity index (χ2v) is 19.5. The Bertz CT molecular complexity index is 762. The van der Waals surface area contributed by atoms with Crippen LogP contribution in [0, 0.1) is 59.2 Å². The number of hydrogen-bond acceptors (Lipinski definition) is 2. The fourth-order valence-electron chi connectivity index (χ4n) is 10.1. The van der Waals surface area contributed by atoms with E-state index in [1.165, 1.54) is 101 Å². The Kier molecular flexibility index (Phi) is 13.0. The van der Waals surface area contributed by atoms with Crippen LogP contribution in [0.25, 0.3) is 0 Å². The van der Waals surface area contributed by atoms with Crippen LogP contribution in [-0.4, -0.2) is 23.5 Å². The minimum absolute atomic E-state index is 0.540. The summed E-state index contributed by atoms with van der Waals surface area (Å²) in [5.74, 6) is 7.84. The predicted octanol–water partition coefficient (Wildman–Crippen LogP) is 11.1. The molecule has 0 amide bonds. The van der Waals surface area contributed by atoms with Crippen LogP contribution in [0.3, 0.4) is 0 Å². The van der Waals surface area contributed by atoms with Crippen LogP contribution in [0.5, 0.6) is 0 Å². The minimum atomic E-state index is 0.540. The van der Waals surface area contributed by atoms with Crippen molar-refractivity contribution in [1.29, 1.82) is 0 Å². The van der Waals surface area contributed by atoms with Crippen LogP contribution in [0.2, 0.25) is 0 Å². The number of aliphatic imine (C=N–C) groups is 2. The normalized spacial score (nSPS) is 42.6. The summed E-state index contributed by atoms with van der Waals surface area (Å²) in [5, 5.41) is 0. The zero-order valence-corrected chi connectivity index (χ0v) is 30.0. The molecule has 0 bridgehead atoms. The van der Waals surface area contributed by atoms with E-state index in [1.807, 2.05) is 0 Å². The molecule has 0 aromatic heterocycles. The van der Waals surface area contributed by atoms with Gasteiger partial charge in [-0.1, -0.05) is 92.9 Å². The van der Waals surface area contributed by atoms with E-state index < -0.39 is 0 Å². The van der Waals surface area contributed by atoms with Gasteiger partial charge >= 0.3 is 39.3 Å². The first kappa shape index (κ1) is 32.7. The van der Waals surface area contributed by atoms with Crippen molar-refractivity contribution >= 4 is 39.9 Å². The average Bonchev–Trinajstić information content (AvgIpc) is 3.23. The zero-order chi connectivity index (χ0) is 28.1. The van der Waals surface area contributed by atoms with Gasteiger partial charge in [-0.05, 0) is 85.9 Å². The zero-order valence-electron chi connectivity index (χ0n) is 25.8. The van der Waals surface area contributed by atoms with Gasteiger partial charge in [0.15, 0.2) is 0 Å². The summed E-state index contributed by atoms with van der Waals surface area (Å²) in [6.07, 6.45) is 19.6. The number of nitrogens with zero attached hydrogens (tertiary/aromatic N) is 2. The van der Waals surface area contributed by atoms with Crippen molar-refractivity contribution < 1.29 is 10.9 Å². The SMILES string of the molecule is CCC1CCCC(C(C)C)C1N=C1C(=NC2C(CC)CCCC2C(C)C)C2CCCC3CCCC1C32.[Br][Ni][Br]. The van der Waals surface area contributed by atoms with Crippen molar-refractivity contribution in [2.75, 3.05) is 0 Å². The average molecular weight is 713 g/mol. The van der Waals surface area contributed by atoms with E-state index in [4.69, 9.17) is 9.98 Å². The van der Waals surface area contributed by atoms with E-state index in [0.29, 0.717) is 12.1 Å². The molecule has 2 nitrogen and oxygen atoms in total. The Morgan fingerprint density at radius 1 is 0.641 bits per heavy atom. The molecule has 0 radical (unpaired) electrons. The van der Waals surface area contributed by atoms with Gasteiger partial charge in [-0.3, -0.25) is 9.98 Å². The summed E-state index contributed by atoms with van der Waals surface area (Å²) < 4.78 is 0. The topological polar surface area (TPSA) is 24.7 Å². The van der Waals surface area contributed by atoms with E-state index in [-0.39, 0.29) is 0 Å². The standard InChI is InChI=1S/C34H58N2.2BrH.Ni/c1-7-23-13-9-17-26(21(3)4)31(23)35-33-28-19-11-15-25-16-12-20-29(30(25)28)34(33)36-32-24(8-2)14-10-18-27(32)22(5)6;;;/h21-32H,7-20H2,1-6H3;2*1H;/q;;;+2/p-2. The fourth-order valence-corrected chi connectivity index (χ4v) is 10.1. The number of hydrogen-bond donors (Lipinski definition) is 0. The van der Waals surface area contributed by atoms with E-state index >= 15 is 0 Å². The number of rotatable bonds is 6. The van der Waals surface area contributed by atoms with Crippen LogP contribution in [0.15, 0.2) is 9.98 Å². The first-order valence-electron chi connectivity index (χ1n) is 16.8. The second kappa shape index (κ2) is 15.5. The summed E-state index contributed by atoms with van der Waals surface area (Å²) in [5.41, 5.74) is 3.13. The first-order chi connectivity index (χ1) is 18.9. The Labute approximate surface area is 262 Å². The third kappa shape index (κ3) is 7.30. The van der Waals surface area contributed by atoms with Crippen molar-refractivity contribution in [2.45, 2.75) is 144 Å². The molecule has 0 aromatic carbocycles. The molecule has 39 heavy (non-hydrogen) atoms. The van der Waals surface area contributed by atoms with Crippen molar-refractivity contribution in [3.63, 3.8) is 0 Å². The van der Waals surface area contributed by atoms with Crippen LogP contribution >= 0.6 is 28.5 Å². The van der Waals surface area contributed by atoms with Gasteiger partial charge in [0.05, 0.1) is 23.5 Å². The molecule has 5 heteroatoms. The van der Waals surface area contributed by atoms with Crippen molar-refractivity contribution in [1.82, 2.24) is 0 Å². The van der Waals surface area contributed by atoms with Gasteiger partial charge < -0.3 is 0 Å². The molecule has 5 rings (SSSR count). The van der Waals surface area contributed by atoms with Gasteiger partial charge in [-0.2, -0.15) is 0 Å². The molecule has 0 saturated heterocycles. The molecular formula is C34H58Br2N2Ni. The van der Waals surface area contributed by atoms with Crippen LogP contribution in [0.1, 0.15) is 131 Å². The van der Waals surface area contributed by atoms with E-state index in [2.05, 4.69) is 70.0 Å². The monoisotopic (exact) mass is 710 g/mol. The van der Waals surface area contributed by atoms with Gasteiger partial charge in [-0.25, -0.2) is 0 Å². The summed E-state index contributed by atoms with van der Waals surface area (Å²) in [7, 11) is 1.25. The Balaban J connectivity index is 0.00000112. The fraction of sp³-hybridized carbons (Fsp3) is 0.941. The molecule has 0 N–H and O–H groups in total. The van der Waals surface area contributed by atoms with E-state index in [9.17, 15) is 0 Å². The molecular weight excluding hydrogens is 655 g/mol. The van der Waals surface area contributed by atoms with E-state index in [1.54, 1.807) is 11.4 Å². The summed E-state index contributed by atoms with van der Waals surface area (Å²) in [6.45, 7) is 14.7. The molecule has 228 valence electrons. The van der Waals surface area contributed by atoms with Crippen molar-refractivity contribution in [2.24, 2.45) is 69.2 Å². The molecule has 5 saturated carbocycles. The molecule has 8 unspecified atom stereocenters. The first-order valence-corrected chi connectivity index (χ1v) is 21.7.